The summed E-state index contributed by atoms with van der Waals surface area (Å²) in [6.07, 6.45) is 0.740. The van der Waals surface area contributed by atoms with Gasteiger partial charge in [0, 0.05) is 6.42 Å². The Hall–Kier alpha value is -2.37. The number of carbonyl (C=O) groups is 3. The molecule has 3 N–H and O–H groups in total. The molecule has 0 aromatic heterocycles. The number of nitrogens with two attached hydrogens (primary N) is 1. The number of hydrogen-bond acceptors (Lipinski definition) is 4. The highest BCUT2D eigenvalue weighted by Gasteiger charge is 2.13. The van der Waals surface area contributed by atoms with E-state index in [2.05, 4.69) is 38.2 Å². The lowest BCUT2D eigenvalue weighted by atomic mass is 9.86. The van der Waals surface area contributed by atoms with Crippen LogP contribution in [0.15, 0.2) is 24.3 Å². The molecule has 1 aromatic rings. The highest BCUT2D eigenvalue weighted by Crippen LogP contribution is 2.22. The lowest BCUT2D eigenvalue weighted by molar-refractivity contribution is -0.148. The van der Waals surface area contributed by atoms with Gasteiger partial charge in [0.1, 0.15) is 0 Å². The van der Waals surface area contributed by atoms with Crippen LogP contribution in [-0.4, -0.2) is 30.9 Å². The molecule has 2 amide bonds. The van der Waals surface area contributed by atoms with E-state index in [4.69, 9.17) is 10.5 Å². The summed E-state index contributed by atoms with van der Waals surface area (Å²) in [5.41, 5.74) is 7.24. The van der Waals surface area contributed by atoms with Gasteiger partial charge < -0.3 is 15.8 Å². The van der Waals surface area contributed by atoms with E-state index in [-0.39, 0.29) is 18.4 Å². The first-order valence-corrected chi connectivity index (χ1v) is 7.48. The SMILES string of the molecule is CC(C)(C)c1ccc(CCC(=O)OCC(=O)NCC(N)=O)cc1. The van der Waals surface area contributed by atoms with E-state index in [1.807, 2.05) is 12.1 Å². The fourth-order valence-corrected chi connectivity index (χ4v) is 1.87. The molecule has 0 heterocycles. The van der Waals surface area contributed by atoms with Gasteiger partial charge in [-0.2, -0.15) is 0 Å². The van der Waals surface area contributed by atoms with Crippen molar-refractivity contribution in [3.8, 4) is 0 Å². The monoisotopic (exact) mass is 320 g/mol. The average molecular weight is 320 g/mol. The summed E-state index contributed by atoms with van der Waals surface area (Å²) in [4.78, 5) is 33.3. The van der Waals surface area contributed by atoms with Crippen LogP contribution in [0.4, 0.5) is 0 Å². The molecule has 0 bridgehead atoms. The number of primary amides is 1. The zero-order valence-corrected chi connectivity index (χ0v) is 13.8. The molecule has 6 nitrogen and oxygen atoms in total. The quantitative estimate of drug-likeness (QED) is 0.734. The fraction of sp³-hybridized carbons (Fsp3) is 0.471. The Labute approximate surface area is 136 Å². The van der Waals surface area contributed by atoms with Crippen LogP contribution in [0.1, 0.15) is 38.3 Å². The van der Waals surface area contributed by atoms with Crippen molar-refractivity contribution in [2.45, 2.75) is 39.0 Å². The van der Waals surface area contributed by atoms with E-state index >= 15 is 0 Å². The number of hydrogen-bond donors (Lipinski definition) is 2. The summed E-state index contributed by atoms with van der Waals surface area (Å²) in [7, 11) is 0. The average Bonchev–Trinajstić information content (AvgIpc) is 2.48. The maximum Gasteiger partial charge on any atom is 0.306 e. The van der Waals surface area contributed by atoms with Gasteiger partial charge in [0.2, 0.25) is 5.91 Å². The van der Waals surface area contributed by atoms with Crippen molar-refractivity contribution in [2.75, 3.05) is 13.2 Å². The van der Waals surface area contributed by atoms with Gasteiger partial charge in [0.15, 0.2) is 6.61 Å². The number of amides is 2. The molecule has 0 aliphatic rings. The minimum absolute atomic E-state index is 0.0930. The molecule has 0 radical (unpaired) electrons. The summed E-state index contributed by atoms with van der Waals surface area (Å²) >= 11 is 0. The molecule has 0 saturated heterocycles. The first-order chi connectivity index (χ1) is 10.7. The van der Waals surface area contributed by atoms with Crippen molar-refractivity contribution < 1.29 is 19.1 Å². The van der Waals surface area contributed by atoms with Gasteiger partial charge >= 0.3 is 5.97 Å². The largest absolute Gasteiger partial charge is 0.456 e. The number of ether oxygens (including phenoxy) is 1. The lowest BCUT2D eigenvalue weighted by Gasteiger charge is -2.19. The first-order valence-electron chi connectivity index (χ1n) is 7.48. The van der Waals surface area contributed by atoms with Crippen LogP contribution in [0.3, 0.4) is 0 Å². The summed E-state index contributed by atoms with van der Waals surface area (Å²) in [5.74, 6) is -1.66. The van der Waals surface area contributed by atoms with Crippen LogP contribution >= 0.6 is 0 Å². The Kier molecular flexibility index (Phi) is 6.75. The Bertz CT molecular complexity index is 559. The smallest absolute Gasteiger partial charge is 0.306 e. The number of aryl methyl sites for hydroxylation is 1. The first kappa shape index (κ1) is 18.7. The number of benzene rings is 1. The minimum atomic E-state index is -0.650. The highest BCUT2D eigenvalue weighted by atomic mass is 16.5. The highest BCUT2D eigenvalue weighted by molar-refractivity contribution is 5.85. The van der Waals surface area contributed by atoms with Crippen molar-refractivity contribution in [1.82, 2.24) is 5.32 Å². The van der Waals surface area contributed by atoms with Gasteiger partial charge in [-0.3, -0.25) is 14.4 Å². The molecule has 1 rings (SSSR count). The molecule has 1 aromatic carbocycles. The topological polar surface area (TPSA) is 98.5 Å². The van der Waals surface area contributed by atoms with E-state index in [1.54, 1.807) is 0 Å². The Morgan fingerprint density at radius 2 is 1.74 bits per heavy atom. The zero-order valence-electron chi connectivity index (χ0n) is 13.8. The second-order valence-corrected chi connectivity index (χ2v) is 6.35. The second kappa shape index (κ2) is 8.31. The maximum atomic E-state index is 11.6. The van der Waals surface area contributed by atoms with Gasteiger partial charge in [-0.15, -0.1) is 0 Å². The maximum absolute atomic E-state index is 11.6. The molecule has 0 aliphatic carbocycles. The second-order valence-electron chi connectivity index (χ2n) is 6.35. The van der Waals surface area contributed by atoms with E-state index in [9.17, 15) is 14.4 Å². The predicted molar refractivity (Wildman–Crippen MR) is 86.6 cm³/mol. The predicted octanol–water partition coefficient (Wildman–Crippen LogP) is 1.06. The van der Waals surface area contributed by atoms with Crippen LogP contribution in [0.2, 0.25) is 0 Å². The van der Waals surface area contributed by atoms with Crippen molar-refractivity contribution in [1.29, 1.82) is 0 Å². The third-order valence-electron chi connectivity index (χ3n) is 3.26. The van der Waals surface area contributed by atoms with Crippen LogP contribution < -0.4 is 11.1 Å². The molecule has 0 fully saturated rings. The number of carbonyl (C=O) groups excluding carboxylic acids is 3. The summed E-state index contributed by atoms with van der Waals surface area (Å²) in [6, 6.07) is 8.09. The molecule has 6 heteroatoms. The molecule has 126 valence electrons. The Balaban J connectivity index is 2.33. The molecular formula is C17H24N2O4. The van der Waals surface area contributed by atoms with E-state index < -0.39 is 24.4 Å². The number of rotatable bonds is 7. The molecule has 0 aliphatic heterocycles. The molecule has 23 heavy (non-hydrogen) atoms. The summed E-state index contributed by atoms with van der Waals surface area (Å²) < 4.78 is 4.83. The fourth-order valence-electron chi connectivity index (χ4n) is 1.87. The summed E-state index contributed by atoms with van der Waals surface area (Å²) in [5, 5.41) is 2.24. The van der Waals surface area contributed by atoms with Crippen molar-refractivity contribution >= 4 is 17.8 Å². The van der Waals surface area contributed by atoms with Gasteiger partial charge in [-0.1, -0.05) is 45.0 Å². The van der Waals surface area contributed by atoms with E-state index in [0.717, 1.165) is 5.56 Å². The number of esters is 1. The molecule has 0 spiro atoms. The van der Waals surface area contributed by atoms with Crippen LogP contribution in [0, 0.1) is 0 Å². The van der Waals surface area contributed by atoms with Crippen molar-refractivity contribution in [3.05, 3.63) is 35.4 Å². The Morgan fingerprint density at radius 1 is 1.13 bits per heavy atom. The minimum Gasteiger partial charge on any atom is -0.456 e. The number of nitrogens with one attached hydrogen (secondary N) is 1. The normalized spacial score (nSPS) is 10.9. The zero-order chi connectivity index (χ0) is 17.5. The summed E-state index contributed by atoms with van der Waals surface area (Å²) in [6.45, 7) is 5.75. The van der Waals surface area contributed by atoms with Gasteiger partial charge in [0.05, 0.1) is 6.54 Å². The molecule has 0 saturated carbocycles. The third kappa shape index (κ3) is 7.44. The van der Waals surface area contributed by atoms with Crippen molar-refractivity contribution in [3.63, 3.8) is 0 Å². The van der Waals surface area contributed by atoms with E-state index in [0.29, 0.717) is 6.42 Å². The third-order valence-corrected chi connectivity index (χ3v) is 3.26. The standard InChI is InChI=1S/C17H24N2O4/c1-17(2,3)13-7-4-12(5-8-13)6-9-16(22)23-11-15(21)19-10-14(18)20/h4-5,7-8H,6,9-11H2,1-3H3,(H2,18,20)(H,19,21). The van der Waals surface area contributed by atoms with Gasteiger partial charge in [-0.05, 0) is 23.0 Å². The van der Waals surface area contributed by atoms with Crippen molar-refractivity contribution in [2.24, 2.45) is 5.73 Å². The van der Waals surface area contributed by atoms with E-state index in [1.165, 1.54) is 5.56 Å². The van der Waals surface area contributed by atoms with Crippen LogP contribution in [0.25, 0.3) is 0 Å². The molecule has 0 atom stereocenters. The van der Waals surface area contributed by atoms with Gasteiger partial charge in [-0.25, -0.2) is 0 Å². The molecule has 0 unspecified atom stereocenters. The lowest BCUT2D eigenvalue weighted by Crippen LogP contribution is -2.36. The Morgan fingerprint density at radius 3 is 2.26 bits per heavy atom. The van der Waals surface area contributed by atoms with Crippen LogP contribution in [0.5, 0.6) is 0 Å². The molecular weight excluding hydrogens is 296 g/mol. The van der Waals surface area contributed by atoms with Crippen LogP contribution in [-0.2, 0) is 31.0 Å². The van der Waals surface area contributed by atoms with Gasteiger partial charge in [0.25, 0.3) is 5.91 Å².